The fourth-order valence-corrected chi connectivity index (χ4v) is 1.01. The van der Waals surface area contributed by atoms with Crippen molar-refractivity contribution in [2.24, 2.45) is 0 Å². The summed E-state index contributed by atoms with van der Waals surface area (Å²) in [6.45, 7) is -0.803. The number of nitrogens with zero attached hydrogens (tertiary/aromatic N) is 1. The highest BCUT2D eigenvalue weighted by molar-refractivity contribution is 6.30. The van der Waals surface area contributed by atoms with E-state index in [0.717, 1.165) is 0 Å². The topological polar surface area (TPSA) is 71.1 Å². The van der Waals surface area contributed by atoms with E-state index < -0.39 is 24.5 Å². The molecule has 0 saturated heterocycles. The summed E-state index contributed by atoms with van der Waals surface area (Å²) < 4.78 is 35.4. The number of alkyl halides is 3. The number of carbonyl (C=O) groups excluding carboxylic acids is 2. The molecule has 0 bridgehead atoms. The second-order valence-corrected chi connectivity index (χ2v) is 3.53. The third-order valence-electron chi connectivity index (χ3n) is 1.66. The summed E-state index contributed by atoms with van der Waals surface area (Å²) in [6, 6.07) is 2.81. The van der Waals surface area contributed by atoms with Gasteiger partial charge in [0.25, 0.3) is 0 Å². The summed E-state index contributed by atoms with van der Waals surface area (Å²) in [7, 11) is 0. The van der Waals surface area contributed by atoms with Crippen LogP contribution in [0.1, 0.15) is 0 Å². The number of hydrogen-bond acceptors (Lipinski definition) is 3. The average Bonchev–Trinajstić information content (AvgIpc) is 2.28. The van der Waals surface area contributed by atoms with E-state index in [-0.39, 0.29) is 5.82 Å². The van der Waals surface area contributed by atoms with Gasteiger partial charge in [0.05, 0.1) is 11.6 Å². The Bertz CT molecular complexity index is 447. The molecule has 0 fully saturated rings. The molecule has 98 valence electrons. The normalized spacial score (nSPS) is 10.9. The van der Waals surface area contributed by atoms with E-state index in [0.29, 0.717) is 5.02 Å². The van der Waals surface area contributed by atoms with Crippen molar-refractivity contribution in [3.63, 3.8) is 0 Å². The molecule has 0 aliphatic rings. The van der Waals surface area contributed by atoms with Gasteiger partial charge < -0.3 is 10.6 Å². The van der Waals surface area contributed by atoms with Crippen molar-refractivity contribution in [2.75, 3.05) is 11.9 Å². The predicted octanol–water partition coefficient (Wildman–Crippen LogP) is 1.35. The fourth-order valence-electron chi connectivity index (χ4n) is 0.898. The van der Waals surface area contributed by atoms with Crippen LogP contribution in [0.15, 0.2) is 18.3 Å². The average molecular weight is 282 g/mol. The summed E-state index contributed by atoms with van der Waals surface area (Å²) in [5, 5.41) is 3.96. The van der Waals surface area contributed by atoms with Gasteiger partial charge in [0, 0.05) is 6.20 Å². The van der Waals surface area contributed by atoms with E-state index in [1.807, 2.05) is 0 Å². The minimum Gasteiger partial charge on any atom is -0.339 e. The van der Waals surface area contributed by atoms with Crippen LogP contribution in [0.3, 0.4) is 0 Å². The van der Waals surface area contributed by atoms with Gasteiger partial charge in [-0.1, -0.05) is 11.6 Å². The zero-order valence-electron chi connectivity index (χ0n) is 8.71. The van der Waals surface area contributed by atoms with Gasteiger partial charge in [0.15, 0.2) is 0 Å². The second-order valence-electron chi connectivity index (χ2n) is 3.09. The molecule has 1 aromatic heterocycles. The predicted molar refractivity (Wildman–Crippen MR) is 56.9 cm³/mol. The first-order valence-electron chi connectivity index (χ1n) is 4.55. The minimum atomic E-state index is -5.02. The summed E-state index contributed by atoms with van der Waals surface area (Å²) in [6.07, 6.45) is -3.76. The number of rotatable bonds is 3. The molecule has 18 heavy (non-hydrogen) atoms. The van der Waals surface area contributed by atoms with Gasteiger partial charge in [-0.05, 0) is 12.1 Å². The standard InChI is InChI=1S/C9H7ClF3N3O2/c10-5-1-2-6(14-3-5)16-7(17)4-15-8(18)9(11,12)13/h1-3H,4H2,(H,15,18)(H,14,16,17). The Morgan fingerprint density at radius 1 is 1.33 bits per heavy atom. The molecule has 5 nitrogen and oxygen atoms in total. The Labute approximate surface area is 104 Å². The molecule has 9 heteroatoms. The van der Waals surface area contributed by atoms with Gasteiger partial charge in [0.1, 0.15) is 5.82 Å². The molecule has 0 spiro atoms. The van der Waals surface area contributed by atoms with E-state index in [1.54, 1.807) is 0 Å². The van der Waals surface area contributed by atoms with Crippen LogP contribution in [-0.2, 0) is 9.59 Å². The number of halogens is 4. The van der Waals surface area contributed by atoms with Crippen LogP contribution in [0.4, 0.5) is 19.0 Å². The first-order valence-corrected chi connectivity index (χ1v) is 4.93. The fraction of sp³-hybridized carbons (Fsp3) is 0.222. The number of pyridine rings is 1. The van der Waals surface area contributed by atoms with Crippen LogP contribution in [-0.4, -0.2) is 29.5 Å². The molecule has 1 rings (SSSR count). The summed E-state index contributed by atoms with van der Waals surface area (Å²) in [5.74, 6) is -2.89. The number of hydrogen-bond donors (Lipinski definition) is 2. The van der Waals surface area contributed by atoms with Crippen LogP contribution < -0.4 is 10.6 Å². The lowest BCUT2D eigenvalue weighted by molar-refractivity contribution is -0.173. The highest BCUT2D eigenvalue weighted by Gasteiger charge is 2.38. The maximum absolute atomic E-state index is 11.8. The monoisotopic (exact) mass is 281 g/mol. The van der Waals surface area contributed by atoms with Gasteiger partial charge >= 0.3 is 12.1 Å². The Kier molecular flexibility index (Phi) is 4.49. The lowest BCUT2D eigenvalue weighted by Crippen LogP contribution is -2.41. The molecule has 0 aliphatic heterocycles. The Balaban J connectivity index is 2.43. The molecule has 0 aliphatic carbocycles. The first-order chi connectivity index (χ1) is 8.29. The zero-order chi connectivity index (χ0) is 13.8. The highest BCUT2D eigenvalue weighted by Crippen LogP contribution is 2.13. The van der Waals surface area contributed by atoms with Gasteiger partial charge in [-0.2, -0.15) is 13.2 Å². The van der Waals surface area contributed by atoms with E-state index in [1.165, 1.54) is 23.6 Å². The minimum absolute atomic E-state index is 0.116. The van der Waals surface area contributed by atoms with Crippen LogP contribution in [0, 0.1) is 0 Å². The summed E-state index contributed by atoms with van der Waals surface area (Å²) in [4.78, 5) is 25.3. The lowest BCUT2D eigenvalue weighted by atomic mass is 10.4. The number of carbonyl (C=O) groups is 2. The second kappa shape index (κ2) is 5.67. The molecule has 0 atom stereocenters. The highest BCUT2D eigenvalue weighted by atomic mass is 35.5. The first kappa shape index (κ1) is 14.2. The van der Waals surface area contributed by atoms with Crippen LogP contribution >= 0.6 is 11.6 Å². The van der Waals surface area contributed by atoms with Crippen LogP contribution in [0.25, 0.3) is 0 Å². The molecule has 0 unspecified atom stereocenters. The number of anilines is 1. The maximum Gasteiger partial charge on any atom is 0.471 e. The molecule has 2 N–H and O–H groups in total. The third kappa shape index (κ3) is 4.58. The Morgan fingerprint density at radius 2 is 2.00 bits per heavy atom. The van der Waals surface area contributed by atoms with Gasteiger partial charge in [-0.3, -0.25) is 9.59 Å². The third-order valence-corrected chi connectivity index (χ3v) is 1.89. The SMILES string of the molecule is O=C(CNC(=O)C(F)(F)F)Nc1ccc(Cl)cn1. The van der Waals surface area contributed by atoms with E-state index in [4.69, 9.17) is 11.6 Å². The van der Waals surface area contributed by atoms with Gasteiger partial charge in [0.2, 0.25) is 5.91 Å². The smallest absolute Gasteiger partial charge is 0.339 e. The van der Waals surface area contributed by atoms with Gasteiger partial charge in [-0.25, -0.2) is 4.98 Å². The van der Waals surface area contributed by atoms with Crippen molar-refractivity contribution >= 4 is 29.2 Å². The van der Waals surface area contributed by atoms with Crippen molar-refractivity contribution in [2.45, 2.75) is 6.18 Å². The maximum atomic E-state index is 11.8. The van der Waals surface area contributed by atoms with Crippen LogP contribution in [0.2, 0.25) is 5.02 Å². The molecule has 0 radical (unpaired) electrons. The number of aromatic nitrogens is 1. The van der Waals surface area contributed by atoms with Crippen molar-refractivity contribution in [1.82, 2.24) is 10.3 Å². The number of amides is 2. The Hall–Kier alpha value is -1.83. The summed E-state index contributed by atoms with van der Waals surface area (Å²) >= 11 is 5.54. The Morgan fingerprint density at radius 3 is 2.50 bits per heavy atom. The molecular weight excluding hydrogens is 275 g/mol. The van der Waals surface area contributed by atoms with Crippen molar-refractivity contribution in [1.29, 1.82) is 0 Å². The largest absolute Gasteiger partial charge is 0.471 e. The van der Waals surface area contributed by atoms with Gasteiger partial charge in [-0.15, -0.1) is 0 Å². The molecule has 1 heterocycles. The van der Waals surface area contributed by atoms with Crippen molar-refractivity contribution < 1.29 is 22.8 Å². The quantitative estimate of drug-likeness (QED) is 0.878. The zero-order valence-corrected chi connectivity index (χ0v) is 9.47. The molecule has 0 saturated carbocycles. The summed E-state index contributed by atoms with van der Waals surface area (Å²) in [5.41, 5.74) is 0. The van der Waals surface area contributed by atoms with E-state index >= 15 is 0 Å². The molecular formula is C9H7ClF3N3O2. The lowest BCUT2D eigenvalue weighted by Gasteiger charge is -2.08. The van der Waals surface area contributed by atoms with Crippen molar-refractivity contribution in [3.05, 3.63) is 23.4 Å². The number of nitrogens with one attached hydrogen (secondary N) is 2. The van der Waals surface area contributed by atoms with Crippen molar-refractivity contribution in [3.8, 4) is 0 Å². The van der Waals surface area contributed by atoms with E-state index in [9.17, 15) is 22.8 Å². The molecule has 0 aromatic carbocycles. The molecule has 2 amide bonds. The van der Waals surface area contributed by atoms with E-state index in [2.05, 4.69) is 10.3 Å². The van der Waals surface area contributed by atoms with Crippen LogP contribution in [0.5, 0.6) is 0 Å². The molecule has 1 aromatic rings.